The van der Waals surface area contributed by atoms with Crippen molar-refractivity contribution in [1.29, 1.82) is 0 Å². The molecule has 16 heavy (non-hydrogen) atoms. The maximum absolute atomic E-state index is 11.4. The zero-order chi connectivity index (χ0) is 12.2. The predicted octanol–water partition coefficient (Wildman–Crippen LogP) is 2.37. The highest BCUT2D eigenvalue weighted by molar-refractivity contribution is 7.98. The molecule has 6 heteroatoms. The summed E-state index contributed by atoms with van der Waals surface area (Å²) in [6, 6.07) is 7.79. The number of thioether (sulfide) groups is 1. The van der Waals surface area contributed by atoms with Crippen LogP contribution in [0.15, 0.2) is 29.2 Å². The van der Waals surface area contributed by atoms with E-state index >= 15 is 0 Å². The van der Waals surface area contributed by atoms with Gasteiger partial charge in [0.25, 0.3) is 0 Å². The van der Waals surface area contributed by atoms with Crippen molar-refractivity contribution < 1.29 is 8.42 Å². The Morgan fingerprint density at radius 3 is 2.31 bits per heavy atom. The summed E-state index contributed by atoms with van der Waals surface area (Å²) in [6.45, 7) is 0.351. The molecule has 90 valence electrons. The van der Waals surface area contributed by atoms with Crippen LogP contribution in [0, 0.1) is 0 Å². The van der Waals surface area contributed by atoms with Crippen molar-refractivity contribution in [1.82, 2.24) is 4.31 Å². The zero-order valence-electron chi connectivity index (χ0n) is 9.18. The van der Waals surface area contributed by atoms with Gasteiger partial charge in [-0.15, -0.1) is 23.4 Å². The molecule has 0 aliphatic carbocycles. The molecule has 0 spiro atoms. The predicted molar refractivity (Wildman–Crippen MR) is 69.3 cm³/mol. The number of nitrogens with zero attached hydrogens (tertiary/aromatic N) is 1. The Labute approximate surface area is 106 Å². The SMILES string of the molecule is CSc1ccc(CN(C)S(=O)(=O)CCl)cc1. The fourth-order valence-corrected chi connectivity index (χ4v) is 2.59. The number of rotatable bonds is 5. The van der Waals surface area contributed by atoms with Crippen molar-refractivity contribution in [2.75, 3.05) is 18.5 Å². The van der Waals surface area contributed by atoms with Crippen LogP contribution in [-0.2, 0) is 16.6 Å². The molecular weight excluding hydrogens is 266 g/mol. The second kappa shape index (κ2) is 5.91. The highest BCUT2D eigenvalue weighted by Gasteiger charge is 2.15. The van der Waals surface area contributed by atoms with Crippen LogP contribution in [0.4, 0.5) is 0 Å². The Kier molecular flexibility index (Phi) is 5.11. The summed E-state index contributed by atoms with van der Waals surface area (Å²) in [4.78, 5) is 1.16. The minimum Gasteiger partial charge on any atom is -0.211 e. The molecule has 0 aliphatic heterocycles. The topological polar surface area (TPSA) is 37.4 Å². The normalized spacial score (nSPS) is 12.0. The Morgan fingerprint density at radius 2 is 1.88 bits per heavy atom. The Morgan fingerprint density at radius 1 is 1.31 bits per heavy atom. The first-order chi connectivity index (χ1) is 7.49. The van der Waals surface area contributed by atoms with Gasteiger partial charge in [0.1, 0.15) is 5.21 Å². The first-order valence-electron chi connectivity index (χ1n) is 4.62. The summed E-state index contributed by atoms with van der Waals surface area (Å²) in [5.74, 6) is 0. The van der Waals surface area contributed by atoms with E-state index in [1.54, 1.807) is 11.8 Å². The zero-order valence-corrected chi connectivity index (χ0v) is 11.6. The minimum absolute atomic E-state index is 0.351. The molecule has 1 aromatic carbocycles. The summed E-state index contributed by atoms with van der Waals surface area (Å²) in [7, 11) is -1.79. The van der Waals surface area contributed by atoms with Crippen molar-refractivity contribution in [2.45, 2.75) is 11.4 Å². The van der Waals surface area contributed by atoms with Crippen molar-refractivity contribution in [3.05, 3.63) is 29.8 Å². The highest BCUT2D eigenvalue weighted by atomic mass is 35.5. The van der Waals surface area contributed by atoms with Gasteiger partial charge in [-0.2, -0.15) is 4.31 Å². The van der Waals surface area contributed by atoms with E-state index in [0.29, 0.717) is 6.54 Å². The van der Waals surface area contributed by atoms with Crippen molar-refractivity contribution in [3.8, 4) is 0 Å². The smallest absolute Gasteiger partial charge is 0.211 e. The quantitative estimate of drug-likeness (QED) is 0.613. The number of hydrogen-bond acceptors (Lipinski definition) is 3. The van der Waals surface area contributed by atoms with Gasteiger partial charge in [0.05, 0.1) is 0 Å². The van der Waals surface area contributed by atoms with Gasteiger partial charge in [0, 0.05) is 18.5 Å². The van der Waals surface area contributed by atoms with Gasteiger partial charge in [-0.25, -0.2) is 8.42 Å². The molecule has 0 saturated heterocycles. The van der Waals surface area contributed by atoms with Crippen molar-refractivity contribution >= 4 is 33.4 Å². The molecule has 0 atom stereocenters. The summed E-state index contributed by atoms with van der Waals surface area (Å²) >= 11 is 7.02. The summed E-state index contributed by atoms with van der Waals surface area (Å²) in [5, 5.41) is -0.383. The lowest BCUT2D eigenvalue weighted by atomic mass is 10.2. The average Bonchev–Trinajstić information content (AvgIpc) is 2.30. The maximum atomic E-state index is 11.4. The number of alkyl halides is 1. The van der Waals surface area contributed by atoms with E-state index in [-0.39, 0.29) is 5.21 Å². The number of halogens is 1. The lowest BCUT2D eigenvalue weighted by molar-refractivity contribution is 0.471. The van der Waals surface area contributed by atoms with Gasteiger partial charge in [0.2, 0.25) is 10.0 Å². The van der Waals surface area contributed by atoms with Crippen LogP contribution in [0.1, 0.15) is 5.56 Å². The van der Waals surface area contributed by atoms with E-state index in [4.69, 9.17) is 11.6 Å². The molecule has 1 aromatic rings. The van der Waals surface area contributed by atoms with Crippen molar-refractivity contribution in [2.24, 2.45) is 0 Å². The lowest BCUT2D eigenvalue weighted by Gasteiger charge is -2.15. The van der Waals surface area contributed by atoms with Crippen LogP contribution < -0.4 is 0 Å². The summed E-state index contributed by atoms with van der Waals surface area (Å²) < 4.78 is 24.1. The van der Waals surface area contributed by atoms with Crippen LogP contribution in [-0.4, -0.2) is 31.2 Å². The molecule has 0 unspecified atom stereocenters. The van der Waals surface area contributed by atoms with Crippen LogP contribution in [0.3, 0.4) is 0 Å². The first kappa shape index (κ1) is 13.8. The third-order valence-corrected chi connectivity index (χ3v) is 5.10. The van der Waals surface area contributed by atoms with Gasteiger partial charge >= 0.3 is 0 Å². The van der Waals surface area contributed by atoms with Crippen LogP contribution in [0.2, 0.25) is 0 Å². The van der Waals surface area contributed by atoms with E-state index in [1.165, 1.54) is 11.4 Å². The number of hydrogen-bond donors (Lipinski definition) is 0. The fourth-order valence-electron chi connectivity index (χ4n) is 1.17. The second-order valence-corrected chi connectivity index (χ2v) is 6.86. The molecule has 1 rings (SSSR count). The molecular formula is C10H14ClNO2S2. The molecule has 3 nitrogen and oxygen atoms in total. The van der Waals surface area contributed by atoms with Gasteiger partial charge in [0.15, 0.2) is 0 Å². The van der Waals surface area contributed by atoms with E-state index in [1.807, 2.05) is 30.5 Å². The first-order valence-corrected chi connectivity index (χ1v) is 7.99. The van der Waals surface area contributed by atoms with E-state index < -0.39 is 10.0 Å². The van der Waals surface area contributed by atoms with Gasteiger partial charge in [-0.1, -0.05) is 12.1 Å². The van der Waals surface area contributed by atoms with E-state index in [2.05, 4.69) is 0 Å². The third kappa shape index (κ3) is 3.66. The largest absolute Gasteiger partial charge is 0.228 e. The Hall–Kier alpha value is -0.230. The number of benzene rings is 1. The van der Waals surface area contributed by atoms with E-state index in [0.717, 1.165) is 10.5 Å². The lowest BCUT2D eigenvalue weighted by Crippen LogP contribution is -2.27. The summed E-state index contributed by atoms with van der Waals surface area (Å²) in [5.41, 5.74) is 0.953. The molecule has 0 aliphatic rings. The molecule has 0 saturated carbocycles. The molecule has 0 bridgehead atoms. The van der Waals surface area contributed by atoms with E-state index in [9.17, 15) is 8.42 Å². The monoisotopic (exact) mass is 279 g/mol. The molecule has 0 N–H and O–H groups in total. The molecule has 0 heterocycles. The van der Waals surface area contributed by atoms with Crippen LogP contribution >= 0.6 is 23.4 Å². The third-order valence-electron chi connectivity index (χ3n) is 2.18. The molecule has 0 amide bonds. The Bertz CT molecular complexity index is 431. The van der Waals surface area contributed by atoms with Crippen molar-refractivity contribution in [3.63, 3.8) is 0 Å². The fraction of sp³-hybridized carbons (Fsp3) is 0.400. The summed E-state index contributed by atoms with van der Waals surface area (Å²) in [6.07, 6.45) is 2.00. The molecule has 0 aromatic heterocycles. The minimum atomic E-state index is -3.32. The maximum Gasteiger partial charge on any atom is 0.228 e. The molecule has 0 fully saturated rings. The Balaban J connectivity index is 2.74. The second-order valence-electron chi connectivity index (χ2n) is 3.33. The van der Waals surface area contributed by atoms with Gasteiger partial charge in [-0.05, 0) is 24.0 Å². The van der Waals surface area contributed by atoms with Crippen LogP contribution in [0.5, 0.6) is 0 Å². The van der Waals surface area contributed by atoms with Gasteiger partial charge in [-0.3, -0.25) is 0 Å². The molecule has 0 radical (unpaired) electrons. The van der Waals surface area contributed by atoms with Gasteiger partial charge < -0.3 is 0 Å². The number of sulfonamides is 1. The average molecular weight is 280 g/mol. The standard InChI is InChI=1S/C10H14ClNO2S2/c1-12(16(13,14)8-11)7-9-3-5-10(15-2)6-4-9/h3-6H,7-8H2,1-2H3. The van der Waals surface area contributed by atoms with Crippen LogP contribution in [0.25, 0.3) is 0 Å². The highest BCUT2D eigenvalue weighted by Crippen LogP contribution is 2.16.